The van der Waals surface area contributed by atoms with Crippen LogP contribution in [0.5, 0.6) is 0 Å². The molecule has 15 heavy (non-hydrogen) atoms. The van der Waals surface area contributed by atoms with Crippen LogP contribution < -0.4 is 4.90 Å². The van der Waals surface area contributed by atoms with Gasteiger partial charge in [0.15, 0.2) is 0 Å². The van der Waals surface area contributed by atoms with Crippen molar-refractivity contribution in [1.82, 2.24) is 20.0 Å². The minimum atomic E-state index is 0.689. The monoisotopic (exact) mass is 221 g/mol. The highest BCUT2D eigenvalue weighted by Gasteiger charge is 2.28. The third kappa shape index (κ3) is 1.72. The molecule has 3 heterocycles. The molecule has 1 aliphatic rings. The van der Waals surface area contributed by atoms with Crippen molar-refractivity contribution in [3.05, 3.63) is 24.0 Å². The van der Waals surface area contributed by atoms with Gasteiger partial charge < -0.3 is 4.90 Å². The van der Waals surface area contributed by atoms with Gasteiger partial charge in [0.2, 0.25) is 5.13 Å². The number of hydrogen-bond donors (Lipinski definition) is 0. The summed E-state index contributed by atoms with van der Waals surface area (Å²) >= 11 is 1.60. The van der Waals surface area contributed by atoms with E-state index in [4.69, 9.17) is 0 Å². The van der Waals surface area contributed by atoms with Gasteiger partial charge in [0, 0.05) is 37.9 Å². The average molecular weight is 221 g/mol. The van der Waals surface area contributed by atoms with Crippen LogP contribution in [0.15, 0.2) is 24.0 Å². The molecular weight excluding hydrogens is 210 g/mol. The van der Waals surface area contributed by atoms with E-state index in [0.29, 0.717) is 5.92 Å². The highest BCUT2D eigenvalue weighted by Crippen LogP contribution is 2.25. The third-order valence-corrected chi connectivity index (χ3v) is 3.33. The lowest BCUT2D eigenvalue weighted by Gasteiger charge is -2.38. The second kappa shape index (κ2) is 3.62. The van der Waals surface area contributed by atoms with Gasteiger partial charge in [0.25, 0.3) is 0 Å². The summed E-state index contributed by atoms with van der Waals surface area (Å²) in [6.45, 7) is 3.13. The molecule has 6 heteroatoms. The Balaban J connectivity index is 1.54. The predicted octanol–water partition coefficient (Wildman–Crippen LogP) is 0.871. The first kappa shape index (κ1) is 8.84. The fourth-order valence-electron chi connectivity index (χ4n) is 1.82. The van der Waals surface area contributed by atoms with Gasteiger partial charge in [0.1, 0.15) is 5.51 Å². The van der Waals surface area contributed by atoms with Gasteiger partial charge in [-0.1, -0.05) is 11.3 Å². The molecule has 0 amide bonds. The SMILES string of the molecule is c1cnn(CC2CN(c3nncs3)C2)c1. The summed E-state index contributed by atoms with van der Waals surface area (Å²) in [5.74, 6) is 0.689. The van der Waals surface area contributed by atoms with Gasteiger partial charge >= 0.3 is 0 Å². The maximum absolute atomic E-state index is 4.20. The van der Waals surface area contributed by atoms with Crippen molar-refractivity contribution in [2.75, 3.05) is 18.0 Å². The molecule has 2 aromatic heterocycles. The Bertz CT molecular complexity index is 404. The minimum Gasteiger partial charge on any atom is -0.346 e. The summed E-state index contributed by atoms with van der Waals surface area (Å²) < 4.78 is 1.99. The van der Waals surface area contributed by atoms with Crippen LogP contribution in [0.25, 0.3) is 0 Å². The van der Waals surface area contributed by atoms with Crippen molar-refractivity contribution in [3.63, 3.8) is 0 Å². The van der Waals surface area contributed by atoms with E-state index in [9.17, 15) is 0 Å². The Hall–Kier alpha value is -1.43. The first-order valence-electron chi connectivity index (χ1n) is 4.90. The van der Waals surface area contributed by atoms with Crippen molar-refractivity contribution in [2.24, 2.45) is 5.92 Å². The van der Waals surface area contributed by atoms with Crippen LogP contribution in [0, 0.1) is 5.92 Å². The number of rotatable bonds is 3. The van der Waals surface area contributed by atoms with Crippen molar-refractivity contribution in [2.45, 2.75) is 6.54 Å². The second-order valence-electron chi connectivity index (χ2n) is 3.72. The largest absolute Gasteiger partial charge is 0.346 e. The Labute approximate surface area is 91.4 Å². The topological polar surface area (TPSA) is 46.8 Å². The van der Waals surface area contributed by atoms with Crippen LogP contribution in [-0.2, 0) is 6.54 Å². The van der Waals surface area contributed by atoms with E-state index in [0.717, 1.165) is 24.8 Å². The number of anilines is 1. The molecule has 0 aliphatic carbocycles. The third-order valence-electron chi connectivity index (χ3n) is 2.58. The fraction of sp³-hybridized carbons (Fsp3) is 0.444. The quantitative estimate of drug-likeness (QED) is 0.771. The van der Waals surface area contributed by atoms with E-state index in [1.807, 2.05) is 23.1 Å². The van der Waals surface area contributed by atoms with Gasteiger partial charge in [-0.15, -0.1) is 10.2 Å². The number of aromatic nitrogens is 4. The van der Waals surface area contributed by atoms with Crippen LogP contribution in [-0.4, -0.2) is 33.1 Å². The predicted molar refractivity (Wildman–Crippen MR) is 57.8 cm³/mol. The first-order valence-corrected chi connectivity index (χ1v) is 5.78. The molecule has 1 saturated heterocycles. The summed E-state index contributed by atoms with van der Waals surface area (Å²) in [5, 5.41) is 13.1. The van der Waals surface area contributed by atoms with Crippen molar-refractivity contribution in [1.29, 1.82) is 0 Å². The number of hydrogen-bond acceptors (Lipinski definition) is 5. The maximum atomic E-state index is 4.20. The Morgan fingerprint density at radius 2 is 2.40 bits per heavy atom. The lowest BCUT2D eigenvalue weighted by atomic mass is 10.0. The molecule has 0 N–H and O–H groups in total. The normalized spacial score (nSPS) is 16.7. The molecule has 2 aromatic rings. The van der Waals surface area contributed by atoms with Crippen LogP contribution in [0.4, 0.5) is 5.13 Å². The molecule has 0 bridgehead atoms. The lowest BCUT2D eigenvalue weighted by Crippen LogP contribution is -2.48. The summed E-state index contributed by atoms with van der Waals surface area (Å²) in [4.78, 5) is 2.26. The van der Waals surface area contributed by atoms with E-state index in [2.05, 4.69) is 20.2 Å². The first-order chi connectivity index (χ1) is 7.42. The van der Waals surface area contributed by atoms with E-state index >= 15 is 0 Å². The van der Waals surface area contributed by atoms with Crippen LogP contribution >= 0.6 is 11.3 Å². The highest BCUT2D eigenvalue weighted by molar-refractivity contribution is 7.13. The summed E-state index contributed by atoms with van der Waals surface area (Å²) in [7, 11) is 0. The Morgan fingerprint density at radius 3 is 3.07 bits per heavy atom. The Morgan fingerprint density at radius 1 is 1.47 bits per heavy atom. The van der Waals surface area contributed by atoms with Gasteiger partial charge in [-0.2, -0.15) is 5.10 Å². The molecule has 1 aliphatic heterocycles. The van der Waals surface area contributed by atoms with E-state index in [1.54, 1.807) is 16.8 Å². The van der Waals surface area contributed by atoms with Crippen LogP contribution in [0.3, 0.4) is 0 Å². The summed E-state index contributed by atoms with van der Waals surface area (Å²) in [6.07, 6.45) is 3.83. The molecule has 0 aromatic carbocycles. The zero-order valence-corrected chi connectivity index (χ0v) is 8.97. The Kier molecular flexibility index (Phi) is 2.13. The summed E-state index contributed by atoms with van der Waals surface area (Å²) in [6, 6.07) is 1.96. The molecule has 78 valence electrons. The van der Waals surface area contributed by atoms with E-state index < -0.39 is 0 Å². The summed E-state index contributed by atoms with van der Waals surface area (Å²) in [5.41, 5.74) is 1.77. The molecule has 0 atom stereocenters. The molecule has 0 unspecified atom stereocenters. The van der Waals surface area contributed by atoms with Crippen molar-refractivity contribution < 1.29 is 0 Å². The second-order valence-corrected chi connectivity index (χ2v) is 4.53. The van der Waals surface area contributed by atoms with Gasteiger partial charge in [-0.05, 0) is 6.07 Å². The minimum absolute atomic E-state index is 0.689. The fourth-order valence-corrected chi connectivity index (χ4v) is 2.40. The molecule has 1 fully saturated rings. The van der Waals surface area contributed by atoms with Crippen LogP contribution in [0.2, 0.25) is 0 Å². The lowest BCUT2D eigenvalue weighted by molar-refractivity contribution is 0.341. The molecular formula is C9H11N5S. The van der Waals surface area contributed by atoms with Crippen molar-refractivity contribution >= 4 is 16.5 Å². The molecule has 0 radical (unpaired) electrons. The molecule has 5 nitrogen and oxygen atoms in total. The zero-order chi connectivity index (χ0) is 10.1. The zero-order valence-electron chi connectivity index (χ0n) is 8.15. The average Bonchev–Trinajstić information content (AvgIpc) is 2.83. The highest BCUT2D eigenvalue weighted by atomic mass is 32.1. The van der Waals surface area contributed by atoms with Gasteiger partial charge in [-0.25, -0.2) is 0 Å². The van der Waals surface area contributed by atoms with Crippen LogP contribution in [0.1, 0.15) is 0 Å². The van der Waals surface area contributed by atoms with E-state index in [1.165, 1.54) is 0 Å². The molecule has 0 saturated carbocycles. The molecule has 0 spiro atoms. The smallest absolute Gasteiger partial charge is 0.208 e. The number of nitrogens with zero attached hydrogens (tertiary/aromatic N) is 5. The maximum Gasteiger partial charge on any atom is 0.208 e. The van der Waals surface area contributed by atoms with E-state index in [-0.39, 0.29) is 0 Å². The van der Waals surface area contributed by atoms with Crippen molar-refractivity contribution in [3.8, 4) is 0 Å². The van der Waals surface area contributed by atoms with Gasteiger partial charge in [-0.3, -0.25) is 4.68 Å². The standard InChI is InChI=1S/C9H11N5S/c1-2-11-14(3-1)6-8-4-13(5-8)9-12-10-7-15-9/h1-3,7-8H,4-6H2. The van der Waals surface area contributed by atoms with Gasteiger partial charge in [0.05, 0.1) is 0 Å². The molecule has 3 rings (SSSR count).